The van der Waals surface area contributed by atoms with E-state index in [0.29, 0.717) is 6.54 Å². The van der Waals surface area contributed by atoms with Crippen LogP contribution in [0.5, 0.6) is 0 Å². The summed E-state index contributed by atoms with van der Waals surface area (Å²) in [6, 6.07) is 3.90. The molecule has 1 atom stereocenters. The van der Waals surface area contributed by atoms with Crippen molar-refractivity contribution in [3.8, 4) is 0 Å². The summed E-state index contributed by atoms with van der Waals surface area (Å²) in [5, 5.41) is 6.11. The van der Waals surface area contributed by atoms with Crippen molar-refractivity contribution in [3.63, 3.8) is 0 Å². The molecule has 1 aromatic rings. The Bertz CT molecular complexity index is 404. The fourth-order valence-corrected chi connectivity index (χ4v) is 2.06. The lowest BCUT2D eigenvalue weighted by atomic mass is 10.2. The zero-order chi connectivity index (χ0) is 13.0. The van der Waals surface area contributed by atoms with Gasteiger partial charge in [-0.1, -0.05) is 13.0 Å². The van der Waals surface area contributed by atoms with Crippen LogP contribution in [0.4, 0.5) is 5.82 Å². The number of anilines is 1. The van der Waals surface area contributed by atoms with E-state index in [2.05, 4.69) is 28.6 Å². The predicted molar refractivity (Wildman–Crippen MR) is 71.4 cm³/mol. The van der Waals surface area contributed by atoms with Crippen LogP contribution >= 0.6 is 0 Å². The number of carbonyl (C=O) groups is 1. The number of hydrogen-bond donors (Lipinski definition) is 2. The van der Waals surface area contributed by atoms with Gasteiger partial charge in [0.1, 0.15) is 11.9 Å². The molecule has 1 saturated heterocycles. The minimum Gasteiger partial charge on any atom is -0.353 e. The highest BCUT2D eigenvalue weighted by Crippen LogP contribution is 2.16. The fourth-order valence-electron chi connectivity index (χ4n) is 2.06. The molecule has 2 N–H and O–H groups in total. The molecule has 1 unspecified atom stereocenters. The van der Waals surface area contributed by atoms with Crippen molar-refractivity contribution in [3.05, 3.63) is 23.9 Å². The lowest BCUT2D eigenvalue weighted by Gasteiger charge is -2.33. The molecular weight excluding hydrogens is 228 g/mol. The molecule has 0 saturated carbocycles. The van der Waals surface area contributed by atoms with Crippen molar-refractivity contribution in [1.29, 1.82) is 0 Å². The summed E-state index contributed by atoms with van der Waals surface area (Å²) in [6.45, 7) is 7.26. The minimum absolute atomic E-state index is 0.0692. The quantitative estimate of drug-likeness (QED) is 0.815. The average Bonchev–Trinajstić information content (AvgIpc) is 2.40. The van der Waals surface area contributed by atoms with Gasteiger partial charge in [0.2, 0.25) is 5.91 Å². The van der Waals surface area contributed by atoms with Gasteiger partial charge in [0.15, 0.2) is 0 Å². The van der Waals surface area contributed by atoms with Crippen molar-refractivity contribution in [2.24, 2.45) is 0 Å². The van der Waals surface area contributed by atoms with Crippen molar-refractivity contribution in [2.75, 3.05) is 24.5 Å². The first-order valence-electron chi connectivity index (χ1n) is 6.42. The molecule has 18 heavy (non-hydrogen) atoms. The normalized spacial score (nSPS) is 19.8. The first kappa shape index (κ1) is 12.8. The number of nitrogens with one attached hydrogen (secondary N) is 2. The van der Waals surface area contributed by atoms with Crippen LogP contribution in [0, 0.1) is 0 Å². The van der Waals surface area contributed by atoms with Gasteiger partial charge in [0, 0.05) is 25.8 Å². The SMILES string of the molecule is CCNCc1ccc(N2CCNC(=O)C2C)nc1. The molecule has 0 aromatic carbocycles. The van der Waals surface area contributed by atoms with Crippen LogP contribution < -0.4 is 15.5 Å². The molecule has 1 aromatic heterocycles. The van der Waals surface area contributed by atoms with E-state index in [4.69, 9.17) is 0 Å². The molecule has 1 aliphatic heterocycles. The van der Waals surface area contributed by atoms with Gasteiger partial charge < -0.3 is 15.5 Å². The summed E-state index contributed by atoms with van der Waals surface area (Å²) >= 11 is 0. The van der Waals surface area contributed by atoms with E-state index < -0.39 is 0 Å². The number of aromatic nitrogens is 1. The zero-order valence-corrected chi connectivity index (χ0v) is 10.9. The van der Waals surface area contributed by atoms with Crippen LogP contribution in [0.15, 0.2) is 18.3 Å². The molecule has 98 valence electrons. The molecule has 0 radical (unpaired) electrons. The van der Waals surface area contributed by atoms with Gasteiger partial charge in [0.25, 0.3) is 0 Å². The number of carbonyl (C=O) groups excluding carboxylic acids is 1. The Kier molecular flexibility index (Phi) is 4.15. The number of piperazine rings is 1. The molecule has 2 rings (SSSR count). The highest BCUT2D eigenvalue weighted by Gasteiger charge is 2.26. The van der Waals surface area contributed by atoms with Gasteiger partial charge in [-0.05, 0) is 25.1 Å². The number of pyridine rings is 1. The number of hydrogen-bond acceptors (Lipinski definition) is 4. The number of rotatable bonds is 4. The molecule has 1 fully saturated rings. The van der Waals surface area contributed by atoms with E-state index in [1.807, 2.05) is 24.1 Å². The molecule has 5 heteroatoms. The van der Waals surface area contributed by atoms with Crippen LogP contribution in [0.25, 0.3) is 0 Å². The van der Waals surface area contributed by atoms with E-state index in [1.165, 1.54) is 0 Å². The van der Waals surface area contributed by atoms with E-state index in [-0.39, 0.29) is 11.9 Å². The van der Waals surface area contributed by atoms with Crippen molar-refractivity contribution < 1.29 is 4.79 Å². The largest absolute Gasteiger partial charge is 0.353 e. The number of amides is 1. The lowest BCUT2D eigenvalue weighted by molar-refractivity contribution is -0.122. The molecule has 0 spiro atoms. The Morgan fingerprint density at radius 2 is 2.39 bits per heavy atom. The molecule has 2 heterocycles. The maximum atomic E-state index is 11.6. The maximum Gasteiger partial charge on any atom is 0.242 e. The maximum absolute atomic E-state index is 11.6. The average molecular weight is 248 g/mol. The number of nitrogens with zero attached hydrogens (tertiary/aromatic N) is 2. The predicted octanol–water partition coefficient (Wildman–Crippen LogP) is 0.516. The van der Waals surface area contributed by atoms with Crippen LogP contribution in [-0.2, 0) is 11.3 Å². The van der Waals surface area contributed by atoms with Gasteiger partial charge in [-0.25, -0.2) is 4.98 Å². The van der Waals surface area contributed by atoms with Crippen molar-refractivity contribution >= 4 is 11.7 Å². The van der Waals surface area contributed by atoms with Crippen LogP contribution in [0.3, 0.4) is 0 Å². The summed E-state index contributed by atoms with van der Waals surface area (Å²) < 4.78 is 0. The van der Waals surface area contributed by atoms with Gasteiger partial charge >= 0.3 is 0 Å². The van der Waals surface area contributed by atoms with Gasteiger partial charge in [-0.2, -0.15) is 0 Å². The standard InChI is InChI=1S/C13H20N4O/c1-3-14-8-11-4-5-12(16-9-11)17-7-6-15-13(18)10(17)2/h4-5,9-10,14H,3,6-8H2,1-2H3,(H,15,18). The highest BCUT2D eigenvalue weighted by molar-refractivity contribution is 5.85. The van der Waals surface area contributed by atoms with Crippen molar-refractivity contribution in [1.82, 2.24) is 15.6 Å². The summed E-state index contributed by atoms with van der Waals surface area (Å²) in [7, 11) is 0. The summed E-state index contributed by atoms with van der Waals surface area (Å²) in [6.07, 6.45) is 1.87. The smallest absolute Gasteiger partial charge is 0.242 e. The van der Waals surface area contributed by atoms with Crippen LogP contribution in [0.2, 0.25) is 0 Å². The second-order valence-corrected chi connectivity index (χ2v) is 4.47. The monoisotopic (exact) mass is 248 g/mol. The van der Waals surface area contributed by atoms with E-state index in [1.54, 1.807) is 0 Å². The van der Waals surface area contributed by atoms with E-state index >= 15 is 0 Å². The van der Waals surface area contributed by atoms with E-state index in [9.17, 15) is 4.79 Å². The van der Waals surface area contributed by atoms with Gasteiger partial charge in [-0.15, -0.1) is 0 Å². The molecule has 1 amide bonds. The molecule has 0 bridgehead atoms. The Morgan fingerprint density at radius 1 is 1.56 bits per heavy atom. The zero-order valence-electron chi connectivity index (χ0n) is 10.9. The molecule has 1 aliphatic rings. The highest BCUT2D eigenvalue weighted by atomic mass is 16.2. The second-order valence-electron chi connectivity index (χ2n) is 4.47. The third-order valence-corrected chi connectivity index (χ3v) is 3.18. The Morgan fingerprint density at radius 3 is 3.06 bits per heavy atom. The minimum atomic E-state index is -0.147. The summed E-state index contributed by atoms with van der Waals surface area (Å²) in [5.74, 6) is 0.942. The summed E-state index contributed by atoms with van der Waals surface area (Å²) in [4.78, 5) is 18.1. The van der Waals surface area contributed by atoms with Gasteiger partial charge in [0.05, 0.1) is 0 Å². The first-order chi connectivity index (χ1) is 8.72. The second kappa shape index (κ2) is 5.82. The third-order valence-electron chi connectivity index (χ3n) is 3.18. The lowest BCUT2D eigenvalue weighted by Crippen LogP contribution is -2.54. The van der Waals surface area contributed by atoms with Crippen molar-refractivity contribution in [2.45, 2.75) is 26.4 Å². The Hall–Kier alpha value is -1.62. The summed E-state index contributed by atoms with van der Waals surface area (Å²) in [5.41, 5.74) is 1.16. The van der Waals surface area contributed by atoms with Crippen LogP contribution in [0.1, 0.15) is 19.4 Å². The Balaban J connectivity index is 2.06. The van der Waals surface area contributed by atoms with E-state index in [0.717, 1.165) is 31.0 Å². The molecular formula is C13H20N4O. The third kappa shape index (κ3) is 2.79. The van der Waals surface area contributed by atoms with Gasteiger partial charge in [-0.3, -0.25) is 4.79 Å². The first-order valence-corrected chi connectivity index (χ1v) is 6.42. The molecule has 5 nitrogen and oxygen atoms in total. The topological polar surface area (TPSA) is 57.3 Å². The Labute approximate surface area is 108 Å². The molecule has 0 aliphatic carbocycles. The van der Waals surface area contributed by atoms with Crippen LogP contribution in [-0.4, -0.2) is 36.6 Å². The fraction of sp³-hybridized carbons (Fsp3) is 0.538.